The van der Waals surface area contributed by atoms with E-state index >= 15 is 0 Å². The Labute approximate surface area is 193 Å². The van der Waals surface area contributed by atoms with Crippen LogP contribution in [0.15, 0.2) is 54.9 Å². The molecule has 1 fully saturated rings. The van der Waals surface area contributed by atoms with Crippen molar-refractivity contribution in [3.63, 3.8) is 0 Å². The number of ether oxygens (including phenoxy) is 2. The molecule has 0 bridgehead atoms. The predicted octanol–water partition coefficient (Wildman–Crippen LogP) is 4.95. The summed E-state index contributed by atoms with van der Waals surface area (Å²) >= 11 is 0. The number of hydrogen-bond acceptors (Lipinski definition) is 6. The molecule has 170 valence electrons. The third-order valence-corrected chi connectivity index (χ3v) is 6.66. The van der Waals surface area contributed by atoms with Crippen LogP contribution < -0.4 is 15.0 Å². The molecular formula is C26H28N4O3. The highest BCUT2D eigenvalue weighted by Gasteiger charge is 2.33. The Morgan fingerprint density at radius 1 is 1.00 bits per heavy atom. The Bertz CT molecular complexity index is 1160. The topological polar surface area (TPSA) is 76.6 Å². The first-order valence-electron chi connectivity index (χ1n) is 11.4. The van der Waals surface area contributed by atoms with E-state index < -0.39 is 0 Å². The molecule has 0 unspecified atom stereocenters. The largest absolute Gasteiger partial charge is 0.481 e. The summed E-state index contributed by atoms with van der Waals surface area (Å²) in [5, 5.41) is 3.45. The number of carbonyl (C=O) groups is 1. The van der Waals surface area contributed by atoms with E-state index in [1.807, 2.05) is 41.3 Å². The van der Waals surface area contributed by atoms with E-state index in [1.54, 1.807) is 26.6 Å². The average Bonchev–Trinajstić information content (AvgIpc) is 3.04. The molecule has 0 saturated heterocycles. The van der Waals surface area contributed by atoms with Gasteiger partial charge in [0.1, 0.15) is 5.82 Å². The first kappa shape index (κ1) is 21.4. The molecule has 1 aromatic carbocycles. The summed E-state index contributed by atoms with van der Waals surface area (Å²) in [5.41, 5.74) is 4.71. The van der Waals surface area contributed by atoms with Crippen LogP contribution in [0.2, 0.25) is 0 Å². The predicted molar refractivity (Wildman–Crippen MR) is 128 cm³/mol. The molecule has 1 saturated carbocycles. The summed E-state index contributed by atoms with van der Waals surface area (Å²) < 4.78 is 10.8. The van der Waals surface area contributed by atoms with Crippen LogP contribution in [-0.2, 0) is 16.1 Å². The smallest absolute Gasteiger partial charge is 0.230 e. The Kier molecular flexibility index (Phi) is 5.96. The average molecular weight is 445 g/mol. The summed E-state index contributed by atoms with van der Waals surface area (Å²) in [7, 11) is 3.36. The number of hydrogen-bond donors (Lipinski definition) is 1. The van der Waals surface area contributed by atoms with Crippen molar-refractivity contribution in [2.75, 3.05) is 24.4 Å². The second kappa shape index (κ2) is 9.19. The second-order valence-electron chi connectivity index (χ2n) is 8.59. The lowest BCUT2D eigenvalue weighted by Crippen LogP contribution is -2.38. The van der Waals surface area contributed by atoms with Gasteiger partial charge < -0.3 is 19.7 Å². The number of pyridine rings is 2. The van der Waals surface area contributed by atoms with Crippen LogP contribution in [0.1, 0.15) is 31.2 Å². The van der Waals surface area contributed by atoms with Crippen molar-refractivity contribution < 1.29 is 14.3 Å². The van der Waals surface area contributed by atoms with E-state index in [-0.39, 0.29) is 17.9 Å². The van der Waals surface area contributed by atoms with Crippen molar-refractivity contribution in [1.29, 1.82) is 0 Å². The number of methoxy groups -OCH3 is 2. The second-order valence-corrected chi connectivity index (χ2v) is 8.59. The number of aromatic nitrogens is 2. The van der Waals surface area contributed by atoms with Crippen LogP contribution in [0, 0.1) is 5.92 Å². The molecule has 7 nitrogen and oxygen atoms in total. The van der Waals surface area contributed by atoms with Crippen molar-refractivity contribution in [3.8, 4) is 17.0 Å². The normalized spacial score (nSPS) is 19.6. The number of nitrogens with zero attached hydrogens (tertiary/aromatic N) is 3. The molecule has 5 rings (SSSR count). The fourth-order valence-electron chi connectivity index (χ4n) is 4.77. The minimum absolute atomic E-state index is 0.00727. The Balaban J connectivity index is 1.54. The van der Waals surface area contributed by atoms with Crippen LogP contribution in [0.25, 0.3) is 11.1 Å². The number of benzene rings is 1. The lowest BCUT2D eigenvalue weighted by molar-refractivity contribution is -0.124. The maximum Gasteiger partial charge on any atom is 0.230 e. The Morgan fingerprint density at radius 2 is 1.82 bits per heavy atom. The van der Waals surface area contributed by atoms with Gasteiger partial charge >= 0.3 is 0 Å². The van der Waals surface area contributed by atoms with Gasteiger partial charge in [0.2, 0.25) is 11.8 Å². The molecular weight excluding hydrogens is 416 g/mol. The minimum Gasteiger partial charge on any atom is -0.481 e. The minimum atomic E-state index is -0.00727. The Morgan fingerprint density at radius 3 is 2.61 bits per heavy atom. The van der Waals surface area contributed by atoms with E-state index in [2.05, 4.69) is 21.4 Å². The maximum absolute atomic E-state index is 13.8. The Hall–Kier alpha value is -3.45. The van der Waals surface area contributed by atoms with Crippen molar-refractivity contribution >= 4 is 23.1 Å². The molecule has 3 heterocycles. The standard InChI is InChI=1S/C26H28N4O3/c1-32-21-8-5-17(6-9-21)26(31)30-16-20-4-3-12-28-25(20)29-22-10-7-18(14-23(22)30)19-11-13-27-24(15-19)33-2/h3-4,7,10-15,17,21H,5-6,8-9,16H2,1-2H3,(H,28,29). The monoisotopic (exact) mass is 444 g/mol. The summed E-state index contributed by atoms with van der Waals surface area (Å²) in [6.07, 6.45) is 7.28. The van der Waals surface area contributed by atoms with Gasteiger partial charge in [-0.1, -0.05) is 12.1 Å². The fourth-order valence-corrected chi connectivity index (χ4v) is 4.77. The highest BCUT2D eigenvalue weighted by atomic mass is 16.5. The molecule has 0 atom stereocenters. The van der Waals surface area contributed by atoms with Crippen molar-refractivity contribution in [3.05, 3.63) is 60.4 Å². The lowest BCUT2D eigenvalue weighted by atomic mass is 9.86. The van der Waals surface area contributed by atoms with Crippen LogP contribution in [0.3, 0.4) is 0 Å². The number of carbonyl (C=O) groups excluding carboxylic acids is 1. The molecule has 1 amide bonds. The zero-order valence-corrected chi connectivity index (χ0v) is 19.0. The molecule has 1 aliphatic carbocycles. The molecule has 3 aromatic rings. The molecule has 0 radical (unpaired) electrons. The van der Waals surface area contributed by atoms with Crippen LogP contribution in [0.5, 0.6) is 5.88 Å². The van der Waals surface area contributed by atoms with Gasteiger partial charge in [-0.05, 0) is 61.1 Å². The summed E-state index contributed by atoms with van der Waals surface area (Å²) in [6, 6.07) is 13.9. The number of nitrogens with one attached hydrogen (secondary N) is 1. The van der Waals surface area contributed by atoms with E-state index in [9.17, 15) is 4.79 Å². The van der Waals surface area contributed by atoms with E-state index in [4.69, 9.17) is 9.47 Å². The van der Waals surface area contributed by atoms with Crippen LogP contribution in [0.4, 0.5) is 17.2 Å². The molecule has 33 heavy (non-hydrogen) atoms. The van der Waals surface area contributed by atoms with Gasteiger partial charge in [0.25, 0.3) is 0 Å². The summed E-state index contributed by atoms with van der Waals surface area (Å²) in [6.45, 7) is 0.481. The van der Waals surface area contributed by atoms with Crippen LogP contribution in [-0.4, -0.2) is 36.2 Å². The van der Waals surface area contributed by atoms with Crippen molar-refractivity contribution in [2.24, 2.45) is 5.92 Å². The molecule has 1 aliphatic heterocycles. The molecule has 7 heteroatoms. The van der Waals surface area contributed by atoms with Crippen LogP contribution >= 0.6 is 0 Å². The lowest BCUT2D eigenvalue weighted by Gasteiger charge is -2.32. The van der Waals surface area contributed by atoms with E-state index in [0.29, 0.717) is 12.4 Å². The van der Waals surface area contributed by atoms with Gasteiger partial charge in [-0.15, -0.1) is 0 Å². The number of fused-ring (bicyclic) bond motifs is 2. The maximum atomic E-state index is 13.8. The quantitative estimate of drug-likeness (QED) is 0.614. The van der Waals surface area contributed by atoms with Crippen molar-refractivity contribution in [2.45, 2.75) is 38.3 Å². The number of rotatable bonds is 4. The fraction of sp³-hybridized carbons (Fsp3) is 0.346. The van der Waals surface area contributed by atoms with Gasteiger partial charge in [0.05, 0.1) is 31.1 Å². The molecule has 2 aliphatic rings. The first-order chi connectivity index (χ1) is 16.2. The molecule has 2 aromatic heterocycles. The molecule has 0 spiro atoms. The zero-order chi connectivity index (χ0) is 22.8. The highest BCUT2D eigenvalue weighted by molar-refractivity contribution is 6.00. The summed E-state index contributed by atoms with van der Waals surface area (Å²) in [4.78, 5) is 24.5. The first-order valence-corrected chi connectivity index (χ1v) is 11.4. The molecule has 1 N–H and O–H groups in total. The van der Waals surface area contributed by atoms with Gasteiger partial charge in [-0.25, -0.2) is 9.97 Å². The van der Waals surface area contributed by atoms with Gasteiger partial charge in [-0.2, -0.15) is 0 Å². The van der Waals surface area contributed by atoms with Gasteiger partial charge in [-0.3, -0.25) is 4.79 Å². The van der Waals surface area contributed by atoms with Crippen molar-refractivity contribution in [1.82, 2.24) is 9.97 Å². The summed E-state index contributed by atoms with van der Waals surface area (Å²) in [5.74, 6) is 1.50. The SMILES string of the molecule is COc1cc(-c2ccc3c(c2)N(C(=O)C2CCC(OC)CC2)Cc2cccnc2N3)ccn1. The third kappa shape index (κ3) is 4.28. The highest BCUT2D eigenvalue weighted by Crippen LogP contribution is 2.40. The third-order valence-electron chi connectivity index (χ3n) is 6.66. The van der Waals surface area contributed by atoms with Gasteiger partial charge in [0.15, 0.2) is 0 Å². The number of amides is 1. The number of anilines is 3. The van der Waals surface area contributed by atoms with Gasteiger partial charge in [0, 0.05) is 37.1 Å². The van der Waals surface area contributed by atoms with E-state index in [0.717, 1.165) is 59.6 Å². The van der Waals surface area contributed by atoms with E-state index in [1.165, 1.54) is 0 Å². The zero-order valence-electron chi connectivity index (χ0n) is 19.0.